The lowest BCUT2D eigenvalue weighted by molar-refractivity contribution is -0.114. The van der Waals surface area contributed by atoms with E-state index >= 15 is 0 Å². The van der Waals surface area contributed by atoms with Crippen LogP contribution in [0.3, 0.4) is 0 Å². The predicted molar refractivity (Wildman–Crippen MR) is 91.3 cm³/mol. The molecule has 0 bridgehead atoms. The highest BCUT2D eigenvalue weighted by atomic mass is 16.3. The van der Waals surface area contributed by atoms with Crippen molar-refractivity contribution in [3.05, 3.63) is 60.7 Å². The number of anilines is 1. The fourth-order valence-corrected chi connectivity index (χ4v) is 2.68. The number of oxazole rings is 1. The van der Waals surface area contributed by atoms with Crippen LogP contribution in [0.1, 0.15) is 6.92 Å². The van der Waals surface area contributed by atoms with E-state index in [1.807, 2.05) is 54.6 Å². The third-order valence-electron chi connectivity index (χ3n) is 3.74. The van der Waals surface area contributed by atoms with Gasteiger partial charge in [0.2, 0.25) is 11.8 Å². The molecule has 4 heteroatoms. The fraction of sp³-hybridized carbons (Fsp3) is 0.0526. The van der Waals surface area contributed by atoms with Gasteiger partial charge in [-0.2, -0.15) is 0 Å². The summed E-state index contributed by atoms with van der Waals surface area (Å²) in [5.41, 5.74) is 3.26. The van der Waals surface area contributed by atoms with Gasteiger partial charge in [0.1, 0.15) is 5.52 Å². The van der Waals surface area contributed by atoms with E-state index < -0.39 is 0 Å². The molecule has 1 amide bonds. The molecule has 3 aromatic carbocycles. The topological polar surface area (TPSA) is 55.1 Å². The zero-order chi connectivity index (χ0) is 15.8. The summed E-state index contributed by atoms with van der Waals surface area (Å²) >= 11 is 0. The van der Waals surface area contributed by atoms with Gasteiger partial charge < -0.3 is 9.73 Å². The van der Waals surface area contributed by atoms with E-state index in [1.54, 1.807) is 0 Å². The molecule has 0 radical (unpaired) electrons. The van der Waals surface area contributed by atoms with Gasteiger partial charge in [-0.1, -0.05) is 30.3 Å². The molecule has 4 aromatic rings. The van der Waals surface area contributed by atoms with Gasteiger partial charge in [0.25, 0.3) is 0 Å². The molecule has 1 N–H and O–H groups in total. The molecule has 0 unspecified atom stereocenters. The first-order valence-corrected chi connectivity index (χ1v) is 7.37. The van der Waals surface area contributed by atoms with Crippen molar-refractivity contribution in [3.63, 3.8) is 0 Å². The molecular weight excluding hydrogens is 288 g/mol. The van der Waals surface area contributed by atoms with Crippen LogP contribution in [0.4, 0.5) is 5.69 Å². The number of carbonyl (C=O) groups is 1. The molecule has 112 valence electrons. The van der Waals surface area contributed by atoms with Gasteiger partial charge in [0.15, 0.2) is 5.58 Å². The van der Waals surface area contributed by atoms with Crippen molar-refractivity contribution in [2.45, 2.75) is 6.92 Å². The summed E-state index contributed by atoms with van der Waals surface area (Å²) in [6.07, 6.45) is 0. The van der Waals surface area contributed by atoms with E-state index in [0.717, 1.165) is 33.1 Å². The lowest BCUT2D eigenvalue weighted by atomic mass is 10.1. The molecule has 1 heterocycles. The SMILES string of the molecule is CC(=O)Nc1ccc(-c2nc3c(ccc4ccccc43)o2)cc1. The van der Waals surface area contributed by atoms with Crippen LogP contribution in [0, 0.1) is 0 Å². The van der Waals surface area contributed by atoms with Crippen molar-refractivity contribution >= 4 is 33.5 Å². The summed E-state index contributed by atoms with van der Waals surface area (Å²) in [6.45, 7) is 1.49. The first-order valence-electron chi connectivity index (χ1n) is 7.37. The maximum absolute atomic E-state index is 11.1. The average molecular weight is 302 g/mol. The summed E-state index contributed by atoms with van der Waals surface area (Å²) in [5.74, 6) is 0.483. The molecule has 1 aromatic heterocycles. The molecule has 0 fully saturated rings. The van der Waals surface area contributed by atoms with Gasteiger partial charge in [-0.25, -0.2) is 4.98 Å². The van der Waals surface area contributed by atoms with Gasteiger partial charge in [-0.15, -0.1) is 0 Å². The lowest BCUT2D eigenvalue weighted by Gasteiger charge is -2.01. The second-order valence-corrected chi connectivity index (χ2v) is 5.41. The number of hydrogen-bond donors (Lipinski definition) is 1. The summed E-state index contributed by atoms with van der Waals surface area (Å²) in [5, 5.41) is 4.96. The number of aromatic nitrogens is 1. The Morgan fingerprint density at radius 1 is 1.00 bits per heavy atom. The molecule has 0 saturated heterocycles. The second kappa shape index (κ2) is 5.25. The Bertz CT molecular complexity index is 1020. The van der Waals surface area contributed by atoms with Gasteiger partial charge in [0, 0.05) is 23.6 Å². The van der Waals surface area contributed by atoms with Crippen LogP contribution in [0.5, 0.6) is 0 Å². The van der Waals surface area contributed by atoms with Crippen molar-refractivity contribution in [2.24, 2.45) is 0 Å². The van der Waals surface area contributed by atoms with Crippen LogP contribution in [-0.4, -0.2) is 10.9 Å². The van der Waals surface area contributed by atoms with Crippen LogP contribution in [0.15, 0.2) is 65.1 Å². The minimum atomic E-state index is -0.0916. The van der Waals surface area contributed by atoms with Crippen molar-refractivity contribution in [1.82, 2.24) is 4.98 Å². The van der Waals surface area contributed by atoms with Crippen LogP contribution < -0.4 is 5.32 Å². The maximum atomic E-state index is 11.1. The predicted octanol–water partition coefficient (Wildman–Crippen LogP) is 4.61. The monoisotopic (exact) mass is 302 g/mol. The molecule has 0 spiro atoms. The number of rotatable bonds is 2. The molecule has 4 nitrogen and oxygen atoms in total. The van der Waals surface area contributed by atoms with Gasteiger partial charge in [0.05, 0.1) is 0 Å². The van der Waals surface area contributed by atoms with E-state index in [1.165, 1.54) is 6.92 Å². The zero-order valence-corrected chi connectivity index (χ0v) is 12.5. The Kier molecular flexibility index (Phi) is 3.08. The minimum absolute atomic E-state index is 0.0916. The van der Waals surface area contributed by atoms with E-state index in [0.29, 0.717) is 5.89 Å². The molecule has 23 heavy (non-hydrogen) atoms. The smallest absolute Gasteiger partial charge is 0.227 e. The minimum Gasteiger partial charge on any atom is -0.436 e. The molecule has 0 aliphatic carbocycles. The number of benzene rings is 3. The van der Waals surface area contributed by atoms with Crippen LogP contribution in [0.2, 0.25) is 0 Å². The quantitative estimate of drug-likeness (QED) is 0.588. The Balaban J connectivity index is 1.80. The van der Waals surface area contributed by atoms with Crippen molar-refractivity contribution in [1.29, 1.82) is 0 Å². The Morgan fingerprint density at radius 3 is 2.57 bits per heavy atom. The van der Waals surface area contributed by atoms with Crippen LogP contribution in [0.25, 0.3) is 33.3 Å². The largest absolute Gasteiger partial charge is 0.436 e. The number of fused-ring (bicyclic) bond motifs is 3. The summed E-state index contributed by atoms with van der Waals surface area (Å²) in [4.78, 5) is 15.7. The van der Waals surface area contributed by atoms with Gasteiger partial charge in [-0.3, -0.25) is 4.79 Å². The molecule has 0 saturated carbocycles. The third kappa shape index (κ3) is 2.44. The van der Waals surface area contributed by atoms with E-state index in [9.17, 15) is 4.79 Å². The van der Waals surface area contributed by atoms with Crippen LogP contribution >= 0.6 is 0 Å². The highest BCUT2D eigenvalue weighted by Crippen LogP contribution is 2.30. The first-order chi connectivity index (χ1) is 11.2. The van der Waals surface area contributed by atoms with E-state index in [-0.39, 0.29) is 5.91 Å². The second-order valence-electron chi connectivity index (χ2n) is 5.41. The fourth-order valence-electron chi connectivity index (χ4n) is 2.68. The van der Waals surface area contributed by atoms with Crippen LogP contribution in [-0.2, 0) is 4.79 Å². The molecule has 0 aliphatic heterocycles. The van der Waals surface area contributed by atoms with Crippen molar-refractivity contribution in [3.8, 4) is 11.5 Å². The number of carbonyl (C=O) groups excluding carboxylic acids is 1. The average Bonchev–Trinajstić information content (AvgIpc) is 2.99. The highest BCUT2D eigenvalue weighted by molar-refractivity contribution is 6.04. The number of hydrogen-bond acceptors (Lipinski definition) is 3. The standard InChI is InChI=1S/C19H14N2O2/c1-12(22)20-15-9-6-14(7-10-15)19-21-18-16-5-3-2-4-13(16)8-11-17(18)23-19/h2-11H,1H3,(H,20,22). The van der Waals surface area contributed by atoms with Crippen molar-refractivity contribution in [2.75, 3.05) is 5.32 Å². The van der Waals surface area contributed by atoms with E-state index in [4.69, 9.17) is 4.42 Å². The number of amides is 1. The lowest BCUT2D eigenvalue weighted by Crippen LogP contribution is -2.05. The molecule has 4 rings (SSSR count). The van der Waals surface area contributed by atoms with Gasteiger partial charge in [-0.05, 0) is 35.7 Å². The Hall–Kier alpha value is -3.14. The number of nitrogens with zero attached hydrogens (tertiary/aromatic N) is 1. The van der Waals surface area contributed by atoms with Gasteiger partial charge >= 0.3 is 0 Å². The van der Waals surface area contributed by atoms with E-state index in [2.05, 4.69) is 16.4 Å². The Labute approximate surface area is 132 Å². The Morgan fingerprint density at radius 2 is 1.78 bits per heavy atom. The molecular formula is C19H14N2O2. The first kappa shape index (κ1) is 13.5. The summed E-state index contributed by atoms with van der Waals surface area (Å²) in [7, 11) is 0. The normalized spacial score (nSPS) is 11.0. The summed E-state index contributed by atoms with van der Waals surface area (Å²) < 4.78 is 5.88. The number of nitrogens with one attached hydrogen (secondary N) is 1. The maximum Gasteiger partial charge on any atom is 0.227 e. The third-order valence-corrected chi connectivity index (χ3v) is 3.74. The molecule has 0 aliphatic rings. The summed E-state index contributed by atoms with van der Waals surface area (Å²) in [6, 6.07) is 19.5. The van der Waals surface area contributed by atoms with Crippen molar-refractivity contribution < 1.29 is 9.21 Å². The highest BCUT2D eigenvalue weighted by Gasteiger charge is 2.10. The zero-order valence-electron chi connectivity index (χ0n) is 12.5. The molecule has 0 atom stereocenters.